The van der Waals surface area contributed by atoms with Crippen LogP contribution in [0.25, 0.3) is 10.9 Å². The minimum absolute atomic E-state index is 0.00816. The first-order valence-corrected chi connectivity index (χ1v) is 15.6. The highest BCUT2D eigenvalue weighted by Crippen LogP contribution is 2.33. The third kappa shape index (κ3) is 7.06. The molecule has 1 aliphatic carbocycles. The van der Waals surface area contributed by atoms with E-state index in [2.05, 4.69) is 25.6 Å². The summed E-state index contributed by atoms with van der Waals surface area (Å²) in [5, 5.41) is 22.2. The van der Waals surface area contributed by atoms with Crippen molar-refractivity contribution < 1.29 is 29.1 Å². The summed E-state index contributed by atoms with van der Waals surface area (Å²) in [6, 6.07) is 6.18. The second-order valence-corrected chi connectivity index (χ2v) is 12.8. The number of likely N-dealkylation sites (tertiary alicyclic amines) is 1. The average molecular weight is 633 g/mol. The van der Waals surface area contributed by atoms with Gasteiger partial charge in [-0.1, -0.05) is 55.5 Å². The van der Waals surface area contributed by atoms with Gasteiger partial charge in [0.05, 0.1) is 24.0 Å². The van der Waals surface area contributed by atoms with Gasteiger partial charge in [-0.15, -0.1) is 5.10 Å². The molecule has 46 heavy (non-hydrogen) atoms. The number of nitrogens with two attached hydrogens (primary N) is 1. The van der Waals surface area contributed by atoms with Gasteiger partial charge >= 0.3 is 0 Å². The van der Waals surface area contributed by atoms with Crippen LogP contribution >= 0.6 is 0 Å². The summed E-state index contributed by atoms with van der Waals surface area (Å²) in [5.41, 5.74) is 5.23. The molecule has 0 bridgehead atoms. The normalized spacial score (nSPS) is 20.1. The van der Waals surface area contributed by atoms with Crippen LogP contribution in [0.2, 0.25) is 0 Å². The molecule has 1 aliphatic heterocycles. The highest BCUT2D eigenvalue weighted by atomic mass is 16.3. The molecule has 2 fully saturated rings. The number of fused-ring (bicyclic) bond motifs is 1. The zero-order valence-corrected chi connectivity index (χ0v) is 26.2. The Kier molecular flexibility index (Phi) is 9.47. The van der Waals surface area contributed by atoms with Crippen molar-refractivity contribution in [1.82, 2.24) is 30.2 Å². The highest BCUT2D eigenvalue weighted by molar-refractivity contribution is 6.41. The maximum Gasteiger partial charge on any atom is 0.293 e. The second-order valence-electron chi connectivity index (χ2n) is 12.8. The van der Waals surface area contributed by atoms with Gasteiger partial charge in [0.2, 0.25) is 11.7 Å². The Morgan fingerprint density at radius 2 is 1.87 bits per heavy atom. The van der Waals surface area contributed by atoms with Crippen LogP contribution in [0.5, 0.6) is 0 Å². The molecule has 3 heterocycles. The van der Waals surface area contributed by atoms with E-state index in [0.29, 0.717) is 5.69 Å². The Labute approximate surface area is 265 Å². The number of aliphatic imine (C=N–C) groups is 1. The van der Waals surface area contributed by atoms with Crippen LogP contribution in [0.4, 0.5) is 0 Å². The van der Waals surface area contributed by atoms with Crippen LogP contribution < -0.4 is 11.1 Å². The first-order chi connectivity index (χ1) is 21.8. The SMILES string of the molecule is CC(NC(=O)[C@@H]1C[C@H](n2nncc2C(C)(C)O)CN1C(=O)C(CC1CCCCC1)=NC(=O)c1cc2ccccc2[nH]1)C(=O)C(N)=O. The molecule has 5 rings (SSSR count). The van der Waals surface area contributed by atoms with Crippen molar-refractivity contribution in [1.29, 1.82) is 0 Å². The van der Waals surface area contributed by atoms with Crippen LogP contribution in [0.1, 0.15) is 87.9 Å². The van der Waals surface area contributed by atoms with Gasteiger partial charge in [-0.25, -0.2) is 9.67 Å². The number of hydrogen-bond donors (Lipinski definition) is 4. The van der Waals surface area contributed by atoms with Gasteiger partial charge in [-0.2, -0.15) is 0 Å². The Hall–Kier alpha value is -4.72. The minimum Gasteiger partial charge on any atom is -0.384 e. The number of rotatable bonds is 10. The van der Waals surface area contributed by atoms with Gasteiger partial charge in [0.1, 0.15) is 23.0 Å². The van der Waals surface area contributed by atoms with E-state index in [1.165, 1.54) is 22.7 Å². The summed E-state index contributed by atoms with van der Waals surface area (Å²) in [4.78, 5) is 74.0. The molecule has 0 spiro atoms. The second kappa shape index (κ2) is 13.3. The molecule has 5 N–H and O–H groups in total. The number of H-pyrrole nitrogens is 1. The highest BCUT2D eigenvalue weighted by Gasteiger charge is 2.44. The lowest BCUT2D eigenvalue weighted by atomic mass is 9.85. The third-order valence-electron chi connectivity index (χ3n) is 8.84. The lowest BCUT2D eigenvalue weighted by Gasteiger charge is -2.27. The topological polar surface area (TPSA) is 206 Å². The van der Waals surface area contributed by atoms with Gasteiger partial charge < -0.3 is 26.0 Å². The number of Topliss-reactive ketones (excluding diaryl/α,β-unsaturated/α-hetero) is 1. The zero-order chi connectivity index (χ0) is 33.2. The fourth-order valence-corrected chi connectivity index (χ4v) is 6.39. The summed E-state index contributed by atoms with van der Waals surface area (Å²) in [6.45, 7) is 4.48. The van der Waals surface area contributed by atoms with Gasteiger partial charge in [0, 0.05) is 23.9 Å². The van der Waals surface area contributed by atoms with Crippen molar-refractivity contribution in [2.75, 3.05) is 6.54 Å². The van der Waals surface area contributed by atoms with Gasteiger partial charge in [0.15, 0.2) is 0 Å². The molecule has 244 valence electrons. The van der Waals surface area contributed by atoms with Crippen LogP contribution in [-0.2, 0) is 24.8 Å². The molecule has 1 unspecified atom stereocenters. The number of para-hydroxylation sites is 1. The molecule has 3 atom stereocenters. The smallest absolute Gasteiger partial charge is 0.293 e. The van der Waals surface area contributed by atoms with E-state index in [9.17, 15) is 29.1 Å². The molecule has 14 nitrogen and oxygen atoms in total. The van der Waals surface area contributed by atoms with Crippen LogP contribution in [0.15, 0.2) is 41.5 Å². The van der Waals surface area contributed by atoms with E-state index in [0.717, 1.165) is 43.0 Å². The first kappa shape index (κ1) is 32.7. The Balaban J connectivity index is 1.50. The number of nitrogens with zero attached hydrogens (tertiary/aromatic N) is 5. The quantitative estimate of drug-likeness (QED) is 0.191. The Bertz CT molecular complexity index is 1650. The van der Waals surface area contributed by atoms with Crippen molar-refractivity contribution in [2.24, 2.45) is 16.6 Å². The standard InChI is InChI=1S/C32H40N8O6/c1-18(27(41)28(33)42)35-30(44)25-15-21(40-26(16-34-38-40)32(2,3)46)17-39(25)31(45)24(13-19-9-5-4-6-10-19)37-29(43)23-14-20-11-7-8-12-22(20)36-23/h7-8,11-12,14,16,18-19,21,25,36,46H,4-6,9-10,13,15,17H2,1-3H3,(H2,33,42)(H,35,44)/t18?,21-,25-/m0/s1. The van der Waals surface area contributed by atoms with Crippen LogP contribution in [0.3, 0.4) is 0 Å². The molecule has 4 amide bonds. The van der Waals surface area contributed by atoms with Crippen molar-refractivity contribution in [3.63, 3.8) is 0 Å². The maximum atomic E-state index is 14.4. The van der Waals surface area contributed by atoms with E-state index in [-0.39, 0.29) is 36.7 Å². The number of ketones is 1. The Morgan fingerprint density at radius 3 is 2.54 bits per heavy atom. The van der Waals surface area contributed by atoms with Crippen molar-refractivity contribution in [2.45, 2.75) is 89.4 Å². The van der Waals surface area contributed by atoms with E-state index in [4.69, 9.17) is 5.73 Å². The predicted molar refractivity (Wildman–Crippen MR) is 167 cm³/mol. The molecule has 1 saturated carbocycles. The lowest BCUT2D eigenvalue weighted by molar-refractivity contribution is -0.139. The van der Waals surface area contributed by atoms with Gasteiger partial charge in [-0.3, -0.25) is 24.0 Å². The van der Waals surface area contributed by atoms with Crippen molar-refractivity contribution in [3.05, 3.63) is 47.9 Å². The number of amides is 4. The minimum atomic E-state index is -1.32. The lowest BCUT2D eigenvalue weighted by Crippen LogP contribution is -2.52. The summed E-state index contributed by atoms with van der Waals surface area (Å²) < 4.78 is 1.49. The number of primary amides is 1. The largest absolute Gasteiger partial charge is 0.384 e. The fourth-order valence-electron chi connectivity index (χ4n) is 6.39. The van der Waals surface area contributed by atoms with E-state index < -0.39 is 53.1 Å². The van der Waals surface area contributed by atoms with Gasteiger partial charge in [-0.05, 0) is 45.2 Å². The number of aromatic nitrogens is 4. The summed E-state index contributed by atoms with van der Waals surface area (Å²) in [5.74, 6) is -3.90. The molecular formula is C32H40N8O6. The van der Waals surface area contributed by atoms with E-state index in [1.54, 1.807) is 19.9 Å². The summed E-state index contributed by atoms with van der Waals surface area (Å²) >= 11 is 0. The molecule has 1 saturated heterocycles. The number of carbonyl (C=O) groups excluding carboxylic acids is 5. The van der Waals surface area contributed by atoms with Crippen molar-refractivity contribution in [3.8, 4) is 0 Å². The molecular weight excluding hydrogens is 592 g/mol. The monoisotopic (exact) mass is 632 g/mol. The number of nitrogens with one attached hydrogen (secondary N) is 2. The number of hydrogen-bond acceptors (Lipinski definition) is 8. The number of aliphatic hydroxyl groups is 1. The Morgan fingerprint density at radius 1 is 1.15 bits per heavy atom. The number of carbonyl (C=O) groups is 5. The van der Waals surface area contributed by atoms with E-state index in [1.807, 2.05) is 24.3 Å². The predicted octanol–water partition coefficient (Wildman–Crippen LogP) is 1.94. The summed E-state index contributed by atoms with van der Waals surface area (Å²) in [6.07, 6.45) is 6.64. The molecule has 2 aliphatic rings. The van der Waals surface area contributed by atoms with Crippen LogP contribution in [0, 0.1) is 5.92 Å². The maximum absolute atomic E-state index is 14.4. The number of benzene rings is 1. The van der Waals surface area contributed by atoms with Crippen molar-refractivity contribution >= 4 is 46.0 Å². The molecule has 3 aromatic rings. The third-order valence-corrected chi connectivity index (χ3v) is 8.84. The first-order valence-electron chi connectivity index (χ1n) is 15.6. The van der Waals surface area contributed by atoms with E-state index >= 15 is 0 Å². The average Bonchev–Trinajstić information content (AvgIpc) is 3.78. The number of aromatic amines is 1. The molecule has 1 aromatic carbocycles. The van der Waals surface area contributed by atoms with Gasteiger partial charge in [0.25, 0.3) is 17.7 Å². The fraction of sp³-hybridized carbons (Fsp3) is 0.500. The van der Waals surface area contributed by atoms with Crippen LogP contribution in [-0.4, -0.2) is 83.7 Å². The summed E-state index contributed by atoms with van der Waals surface area (Å²) in [7, 11) is 0. The molecule has 2 aromatic heterocycles. The molecule has 0 radical (unpaired) electrons. The molecule has 14 heteroatoms. The zero-order valence-electron chi connectivity index (χ0n) is 26.2.